The fraction of sp³-hybridized carbons (Fsp3) is 0.643. The lowest BCUT2D eigenvalue weighted by Gasteiger charge is -2.28. The summed E-state index contributed by atoms with van der Waals surface area (Å²) in [6, 6.07) is 3.92. The molecule has 100 valence electrons. The van der Waals surface area contributed by atoms with Crippen molar-refractivity contribution in [1.29, 1.82) is 0 Å². The van der Waals surface area contributed by atoms with Gasteiger partial charge in [-0.2, -0.15) is 0 Å². The van der Waals surface area contributed by atoms with Crippen molar-refractivity contribution < 1.29 is 9.21 Å². The molecule has 0 bridgehead atoms. The highest BCUT2D eigenvalue weighted by molar-refractivity contribution is 5.78. The van der Waals surface area contributed by atoms with Crippen LogP contribution in [0, 0.1) is 6.92 Å². The van der Waals surface area contributed by atoms with E-state index >= 15 is 0 Å². The summed E-state index contributed by atoms with van der Waals surface area (Å²) in [4.78, 5) is 16.0. The number of nitrogens with zero attached hydrogens (tertiary/aromatic N) is 2. The Morgan fingerprint density at radius 2 is 2.06 bits per heavy atom. The largest absolute Gasteiger partial charge is 0.465 e. The van der Waals surface area contributed by atoms with Crippen molar-refractivity contribution in [3.8, 4) is 0 Å². The van der Waals surface area contributed by atoms with E-state index in [-0.39, 0.29) is 5.91 Å². The van der Waals surface area contributed by atoms with Crippen molar-refractivity contribution in [1.82, 2.24) is 9.80 Å². The average Bonchev–Trinajstić information content (AvgIpc) is 2.75. The zero-order chi connectivity index (χ0) is 13.0. The van der Waals surface area contributed by atoms with Crippen molar-refractivity contribution in [2.45, 2.75) is 32.7 Å². The van der Waals surface area contributed by atoms with Crippen LogP contribution in [-0.2, 0) is 11.3 Å². The molecular weight excluding hydrogens is 228 g/mol. The summed E-state index contributed by atoms with van der Waals surface area (Å²) in [5, 5.41) is 0. The zero-order valence-corrected chi connectivity index (χ0v) is 11.3. The number of piperidine rings is 1. The fourth-order valence-corrected chi connectivity index (χ4v) is 2.37. The molecule has 0 saturated carbocycles. The van der Waals surface area contributed by atoms with Gasteiger partial charge in [0.05, 0.1) is 13.1 Å². The first-order valence-electron chi connectivity index (χ1n) is 6.67. The van der Waals surface area contributed by atoms with Crippen molar-refractivity contribution in [3.63, 3.8) is 0 Å². The number of hydrogen-bond donors (Lipinski definition) is 0. The highest BCUT2D eigenvalue weighted by Crippen LogP contribution is 2.11. The maximum absolute atomic E-state index is 12.1. The molecule has 0 aliphatic carbocycles. The summed E-state index contributed by atoms with van der Waals surface area (Å²) in [5.41, 5.74) is 0. The van der Waals surface area contributed by atoms with Gasteiger partial charge in [0, 0.05) is 13.1 Å². The molecule has 4 heteroatoms. The lowest BCUT2D eigenvalue weighted by atomic mass is 10.1. The van der Waals surface area contributed by atoms with Crippen LogP contribution in [-0.4, -0.2) is 42.4 Å². The van der Waals surface area contributed by atoms with Crippen molar-refractivity contribution in [2.24, 2.45) is 0 Å². The Hall–Kier alpha value is -1.29. The second-order valence-corrected chi connectivity index (χ2v) is 5.13. The van der Waals surface area contributed by atoms with Crippen LogP contribution in [0.2, 0.25) is 0 Å². The van der Waals surface area contributed by atoms with Crippen LogP contribution in [0.4, 0.5) is 0 Å². The Morgan fingerprint density at radius 3 is 2.67 bits per heavy atom. The van der Waals surface area contributed by atoms with E-state index < -0.39 is 0 Å². The molecule has 1 aromatic rings. The predicted octanol–water partition coefficient (Wildman–Crippen LogP) is 2.03. The number of carbonyl (C=O) groups is 1. The molecular formula is C14H22N2O2. The summed E-state index contributed by atoms with van der Waals surface area (Å²) in [6.07, 6.45) is 3.55. The normalized spacial score (nSPS) is 16.3. The molecule has 0 unspecified atom stereocenters. The number of hydrogen-bond acceptors (Lipinski definition) is 3. The van der Waals surface area contributed by atoms with E-state index in [1.807, 2.05) is 35.9 Å². The van der Waals surface area contributed by atoms with Crippen LogP contribution in [0.5, 0.6) is 0 Å². The van der Waals surface area contributed by atoms with Gasteiger partial charge >= 0.3 is 0 Å². The molecule has 2 rings (SSSR count). The molecule has 2 heterocycles. The van der Waals surface area contributed by atoms with Crippen LogP contribution in [0.15, 0.2) is 16.5 Å². The van der Waals surface area contributed by atoms with E-state index in [2.05, 4.69) is 0 Å². The highest BCUT2D eigenvalue weighted by Gasteiger charge is 2.18. The van der Waals surface area contributed by atoms with E-state index in [4.69, 9.17) is 4.42 Å². The Labute approximate surface area is 109 Å². The number of amides is 1. The fourth-order valence-electron chi connectivity index (χ4n) is 2.37. The summed E-state index contributed by atoms with van der Waals surface area (Å²) in [7, 11) is 1.96. The van der Waals surface area contributed by atoms with Gasteiger partial charge in [-0.15, -0.1) is 0 Å². The van der Waals surface area contributed by atoms with Crippen molar-refractivity contribution in [2.75, 3.05) is 26.7 Å². The minimum atomic E-state index is 0.237. The maximum atomic E-state index is 12.1. The molecule has 18 heavy (non-hydrogen) atoms. The average molecular weight is 250 g/mol. The van der Waals surface area contributed by atoms with Gasteiger partial charge in [0.1, 0.15) is 11.5 Å². The Bertz CT molecular complexity index is 394. The van der Waals surface area contributed by atoms with E-state index in [0.717, 1.165) is 37.5 Å². The second-order valence-electron chi connectivity index (χ2n) is 5.13. The lowest BCUT2D eigenvalue weighted by molar-refractivity contribution is -0.133. The first-order valence-corrected chi connectivity index (χ1v) is 6.67. The van der Waals surface area contributed by atoms with Gasteiger partial charge in [0.2, 0.25) is 5.91 Å². The van der Waals surface area contributed by atoms with Crippen LogP contribution in [0.25, 0.3) is 0 Å². The lowest BCUT2D eigenvalue weighted by Crippen LogP contribution is -2.41. The molecule has 1 amide bonds. The van der Waals surface area contributed by atoms with Crippen molar-refractivity contribution in [3.05, 3.63) is 23.7 Å². The van der Waals surface area contributed by atoms with E-state index in [1.54, 1.807) is 0 Å². The Balaban J connectivity index is 1.79. The first kappa shape index (κ1) is 13.1. The SMILES string of the molecule is Cc1ccc(CN(C)CC(=O)N2CCCCC2)o1. The number of likely N-dealkylation sites (N-methyl/N-ethyl adjacent to an activating group) is 1. The molecule has 1 fully saturated rings. The number of likely N-dealkylation sites (tertiary alicyclic amines) is 1. The summed E-state index contributed by atoms with van der Waals surface area (Å²) in [5.74, 6) is 2.07. The third kappa shape index (κ3) is 3.60. The highest BCUT2D eigenvalue weighted by atomic mass is 16.3. The minimum absolute atomic E-state index is 0.237. The zero-order valence-electron chi connectivity index (χ0n) is 11.3. The molecule has 1 aliphatic rings. The minimum Gasteiger partial charge on any atom is -0.465 e. The van der Waals surface area contributed by atoms with Gasteiger partial charge < -0.3 is 9.32 Å². The van der Waals surface area contributed by atoms with E-state index in [9.17, 15) is 4.79 Å². The molecule has 1 saturated heterocycles. The molecule has 1 aliphatic heterocycles. The monoisotopic (exact) mass is 250 g/mol. The van der Waals surface area contributed by atoms with Crippen LogP contribution < -0.4 is 0 Å². The van der Waals surface area contributed by atoms with Gasteiger partial charge in [-0.3, -0.25) is 9.69 Å². The molecule has 0 atom stereocenters. The second kappa shape index (κ2) is 6.05. The summed E-state index contributed by atoms with van der Waals surface area (Å²) < 4.78 is 5.51. The molecule has 0 N–H and O–H groups in total. The van der Waals surface area contributed by atoms with Crippen molar-refractivity contribution >= 4 is 5.91 Å². The number of furan rings is 1. The smallest absolute Gasteiger partial charge is 0.236 e. The van der Waals surface area contributed by atoms with Crippen LogP contribution in [0.3, 0.4) is 0 Å². The Kier molecular flexibility index (Phi) is 4.42. The quantitative estimate of drug-likeness (QED) is 0.820. The molecule has 0 spiro atoms. The third-order valence-corrected chi connectivity index (χ3v) is 3.34. The van der Waals surface area contributed by atoms with Crippen LogP contribution >= 0.6 is 0 Å². The number of aryl methyl sites for hydroxylation is 1. The predicted molar refractivity (Wildman–Crippen MR) is 70.2 cm³/mol. The van der Waals surface area contributed by atoms with Gasteiger partial charge in [-0.05, 0) is 45.4 Å². The van der Waals surface area contributed by atoms with Gasteiger partial charge in [-0.25, -0.2) is 0 Å². The molecule has 0 radical (unpaired) electrons. The molecule has 4 nitrogen and oxygen atoms in total. The number of rotatable bonds is 4. The molecule has 1 aromatic heterocycles. The standard InChI is InChI=1S/C14H22N2O2/c1-12-6-7-13(18-12)10-15(2)11-14(17)16-8-4-3-5-9-16/h6-7H,3-5,8-11H2,1-2H3. The Morgan fingerprint density at radius 1 is 1.33 bits per heavy atom. The summed E-state index contributed by atoms with van der Waals surface area (Å²) in [6.45, 7) is 4.94. The van der Waals surface area contributed by atoms with Crippen LogP contribution in [0.1, 0.15) is 30.8 Å². The molecule has 0 aromatic carbocycles. The van der Waals surface area contributed by atoms with Gasteiger partial charge in [0.25, 0.3) is 0 Å². The van der Waals surface area contributed by atoms with E-state index in [1.165, 1.54) is 6.42 Å². The summed E-state index contributed by atoms with van der Waals surface area (Å²) >= 11 is 0. The first-order chi connectivity index (χ1) is 8.65. The number of carbonyl (C=O) groups excluding carboxylic acids is 1. The third-order valence-electron chi connectivity index (χ3n) is 3.34. The van der Waals surface area contributed by atoms with Gasteiger partial charge in [0.15, 0.2) is 0 Å². The van der Waals surface area contributed by atoms with Gasteiger partial charge in [-0.1, -0.05) is 0 Å². The maximum Gasteiger partial charge on any atom is 0.236 e. The topological polar surface area (TPSA) is 36.7 Å². The van der Waals surface area contributed by atoms with E-state index in [0.29, 0.717) is 13.1 Å².